The molecule has 1 N–H and O–H groups in total. The minimum atomic E-state index is -0.690. The van der Waals surface area contributed by atoms with E-state index in [0.717, 1.165) is 0 Å². The van der Waals surface area contributed by atoms with Crippen LogP contribution in [0.2, 0.25) is 10.0 Å². The van der Waals surface area contributed by atoms with Gasteiger partial charge in [-0.05, 0) is 17.7 Å². The van der Waals surface area contributed by atoms with Crippen LogP contribution in [0.3, 0.4) is 0 Å². The second-order valence-corrected chi connectivity index (χ2v) is 3.11. The lowest BCUT2D eigenvalue weighted by Crippen LogP contribution is -2.03. The number of nitrogens with one attached hydrogen (secondary N) is 1. The van der Waals surface area contributed by atoms with E-state index < -0.39 is 5.91 Å². The minimum Gasteiger partial charge on any atom is -0.273 e. The normalized spacial score (nSPS) is 9.83. The second kappa shape index (κ2) is 3.78. The Labute approximate surface area is 80.3 Å². The molecule has 0 saturated carbocycles. The van der Waals surface area contributed by atoms with Crippen molar-refractivity contribution >= 4 is 29.1 Å². The van der Waals surface area contributed by atoms with Crippen molar-refractivity contribution in [3.8, 4) is 0 Å². The van der Waals surface area contributed by atoms with Crippen LogP contribution in [0.1, 0.15) is 5.56 Å². The van der Waals surface area contributed by atoms with Gasteiger partial charge in [0, 0.05) is 10.0 Å². The summed E-state index contributed by atoms with van der Waals surface area (Å²) in [6, 6.07) is 4.99. The van der Waals surface area contributed by atoms with Crippen molar-refractivity contribution < 1.29 is 4.79 Å². The summed E-state index contributed by atoms with van der Waals surface area (Å²) in [5, 5.41) is 0.867. The molecule has 0 aliphatic rings. The van der Waals surface area contributed by atoms with E-state index >= 15 is 0 Å². The van der Waals surface area contributed by atoms with Crippen LogP contribution in [0.5, 0.6) is 0 Å². The Morgan fingerprint density at radius 2 is 1.83 bits per heavy atom. The summed E-state index contributed by atoms with van der Waals surface area (Å²) in [6.07, 6.45) is -0.0293. The number of carbonyl (C=O) groups is 1. The van der Waals surface area contributed by atoms with Crippen molar-refractivity contribution in [1.29, 1.82) is 0 Å². The molecule has 63 valence electrons. The maximum absolute atomic E-state index is 10.5. The number of amides is 1. The summed E-state index contributed by atoms with van der Waals surface area (Å²) in [7, 11) is 0. The lowest BCUT2D eigenvalue weighted by atomic mass is 10.1. The molecule has 0 saturated heterocycles. The Morgan fingerprint density at radius 3 is 2.25 bits per heavy atom. The number of rotatable bonds is 2. The second-order valence-electron chi connectivity index (χ2n) is 2.30. The van der Waals surface area contributed by atoms with Crippen LogP contribution in [0.4, 0.5) is 0 Å². The van der Waals surface area contributed by atoms with Crippen LogP contribution in [-0.4, -0.2) is 5.91 Å². The molecule has 4 heteroatoms. The lowest BCUT2D eigenvalue weighted by Gasteiger charge is -2.02. The largest absolute Gasteiger partial charge is 0.273 e. The van der Waals surface area contributed by atoms with Gasteiger partial charge in [0.05, 0.1) is 6.42 Å². The van der Waals surface area contributed by atoms with Crippen LogP contribution in [0.25, 0.3) is 0 Å². The van der Waals surface area contributed by atoms with Gasteiger partial charge in [-0.1, -0.05) is 29.3 Å². The van der Waals surface area contributed by atoms with Gasteiger partial charge in [0.25, 0.3) is 0 Å². The van der Waals surface area contributed by atoms with Crippen LogP contribution in [-0.2, 0) is 11.2 Å². The molecule has 0 aromatic heterocycles. The monoisotopic (exact) mass is 202 g/mol. The fraction of sp³-hybridized carbons (Fsp3) is 0.125. The third-order valence-electron chi connectivity index (χ3n) is 1.40. The smallest absolute Gasteiger partial charge is 0.242 e. The summed E-state index contributed by atoms with van der Waals surface area (Å²) in [5.41, 5.74) is 7.28. The van der Waals surface area contributed by atoms with E-state index in [4.69, 9.17) is 28.9 Å². The molecular formula is C8H6Cl2NO. The third-order valence-corrected chi connectivity index (χ3v) is 2.11. The first-order chi connectivity index (χ1) is 5.61. The Morgan fingerprint density at radius 1 is 1.33 bits per heavy atom. The van der Waals surface area contributed by atoms with E-state index in [9.17, 15) is 4.79 Å². The molecule has 0 aliphatic carbocycles. The molecule has 1 radical (unpaired) electrons. The van der Waals surface area contributed by atoms with Gasteiger partial charge in [-0.25, -0.2) is 0 Å². The fourth-order valence-electron chi connectivity index (χ4n) is 0.862. The van der Waals surface area contributed by atoms with Crippen molar-refractivity contribution in [1.82, 2.24) is 5.73 Å². The quantitative estimate of drug-likeness (QED) is 0.727. The Bertz CT molecular complexity index is 292. The number of hydrogen-bond donors (Lipinski definition) is 0. The summed E-state index contributed by atoms with van der Waals surface area (Å²) in [5.74, 6) is -0.690. The van der Waals surface area contributed by atoms with Gasteiger partial charge in [0.1, 0.15) is 0 Å². The number of benzene rings is 1. The molecule has 0 heterocycles. The van der Waals surface area contributed by atoms with Gasteiger partial charge in [-0.3, -0.25) is 10.5 Å². The molecule has 1 aromatic carbocycles. The van der Waals surface area contributed by atoms with Crippen LogP contribution >= 0.6 is 23.2 Å². The average molecular weight is 203 g/mol. The van der Waals surface area contributed by atoms with E-state index in [1.54, 1.807) is 18.2 Å². The van der Waals surface area contributed by atoms with Crippen LogP contribution in [0.15, 0.2) is 18.2 Å². The van der Waals surface area contributed by atoms with E-state index in [-0.39, 0.29) is 6.42 Å². The predicted molar refractivity (Wildman–Crippen MR) is 48.3 cm³/mol. The molecule has 1 amide bonds. The van der Waals surface area contributed by atoms with Gasteiger partial charge < -0.3 is 0 Å². The highest BCUT2D eigenvalue weighted by atomic mass is 35.5. The highest BCUT2D eigenvalue weighted by Crippen LogP contribution is 2.24. The number of carbonyl (C=O) groups excluding carboxylic acids is 1. The minimum absolute atomic E-state index is 0.0293. The molecule has 0 fully saturated rings. The summed E-state index contributed by atoms with van der Waals surface area (Å²) < 4.78 is 0. The molecule has 0 bridgehead atoms. The predicted octanol–water partition coefficient (Wildman–Crippen LogP) is 2.35. The van der Waals surface area contributed by atoms with Gasteiger partial charge in [0.2, 0.25) is 5.91 Å². The third kappa shape index (κ3) is 2.13. The molecular weight excluding hydrogens is 197 g/mol. The molecule has 0 spiro atoms. The van der Waals surface area contributed by atoms with Gasteiger partial charge in [-0.15, -0.1) is 0 Å². The average Bonchev–Trinajstić information content (AvgIpc) is 1.97. The fourth-order valence-corrected chi connectivity index (χ4v) is 1.39. The zero-order valence-corrected chi connectivity index (χ0v) is 7.62. The molecule has 0 aliphatic heterocycles. The molecule has 0 unspecified atom stereocenters. The highest BCUT2D eigenvalue weighted by Gasteiger charge is 2.07. The first-order valence-electron chi connectivity index (χ1n) is 3.28. The van der Waals surface area contributed by atoms with Crippen molar-refractivity contribution in [3.63, 3.8) is 0 Å². The number of hydrogen-bond acceptors (Lipinski definition) is 1. The first kappa shape index (κ1) is 9.36. The van der Waals surface area contributed by atoms with Crippen LogP contribution < -0.4 is 5.73 Å². The molecule has 12 heavy (non-hydrogen) atoms. The SMILES string of the molecule is [NH]C(=O)Cc1c(Cl)cccc1Cl. The van der Waals surface area contributed by atoms with E-state index in [0.29, 0.717) is 15.6 Å². The van der Waals surface area contributed by atoms with Crippen LogP contribution in [0, 0.1) is 0 Å². The van der Waals surface area contributed by atoms with E-state index in [1.807, 2.05) is 0 Å². The summed E-state index contributed by atoms with van der Waals surface area (Å²) in [6.45, 7) is 0. The Kier molecular flexibility index (Phi) is 2.95. The standard InChI is InChI=1S/C8H6Cl2NO/c9-6-2-1-3-7(10)5(6)4-8(11)12/h1-3,11H,4H2. The summed E-state index contributed by atoms with van der Waals surface area (Å²) >= 11 is 11.5. The maximum Gasteiger partial charge on any atom is 0.242 e. The summed E-state index contributed by atoms with van der Waals surface area (Å²) in [4.78, 5) is 10.5. The van der Waals surface area contributed by atoms with Gasteiger partial charge in [-0.2, -0.15) is 0 Å². The van der Waals surface area contributed by atoms with Gasteiger partial charge in [0.15, 0.2) is 0 Å². The maximum atomic E-state index is 10.5. The molecule has 1 rings (SSSR count). The molecule has 1 aromatic rings. The zero-order chi connectivity index (χ0) is 9.14. The molecule has 0 atom stereocenters. The highest BCUT2D eigenvalue weighted by molar-refractivity contribution is 6.36. The molecule has 2 nitrogen and oxygen atoms in total. The lowest BCUT2D eigenvalue weighted by molar-refractivity contribution is -0.118. The Balaban J connectivity index is 3.04. The topological polar surface area (TPSA) is 40.9 Å². The van der Waals surface area contributed by atoms with Gasteiger partial charge >= 0.3 is 0 Å². The first-order valence-corrected chi connectivity index (χ1v) is 4.04. The van der Waals surface area contributed by atoms with Crippen molar-refractivity contribution in [2.45, 2.75) is 6.42 Å². The zero-order valence-electron chi connectivity index (χ0n) is 6.10. The van der Waals surface area contributed by atoms with Crippen molar-refractivity contribution in [3.05, 3.63) is 33.8 Å². The van der Waals surface area contributed by atoms with Crippen molar-refractivity contribution in [2.75, 3.05) is 0 Å². The van der Waals surface area contributed by atoms with E-state index in [1.165, 1.54) is 0 Å². The number of halogens is 2. The Hall–Kier alpha value is -0.730. The van der Waals surface area contributed by atoms with E-state index in [2.05, 4.69) is 0 Å². The van der Waals surface area contributed by atoms with Crippen molar-refractivity contribution in [2.24, 2.45) is 0 Å².